The molecule has 1 atom stereocenters. The minimum atomic E-state index is 0.663. The molecule has 0 amide bonds. The zero-order chi connectivity index (χ0) is 13.2. The van der Waals surface area contributed by atoms with Gasteiger partial charge in [0.25, 0.3) is 0 Å². The molecule has 2 fully saturated rings. The molecule has 1 saturated heterocycles. The van der Waals surface area contributed by atoms with Gasteiger partial charge in [0.05, 0.1) is 0 Å². The number of rotatable bonds is 3. The van der Waals surface area contributed by atoms with E-state index in [2.05, 4.69) is 42.3 Å². The van der Waals surface area contributed by atoms with Crippen LogP contribution in [-0.2, 0) is 0 Å². The SMILES string of the molecule is Cc1ccc(C)c(C(C2CCC2)N2CCNCC2)c1. The van der Waals surface area contributed by atoms with Crippen molar-refractivity contribution in [1.82, 2.24) is 10.2 Å². The first-order chi connectivity index (χ1) is 9.25. The van der Waals surface area contributed by atoms with Gasteiger partial charge in [-0.25, -0.2) is 0 Å². The Morgan fingerprint density at radius 2 is 1.89 bits per heavy atom. The molecule has 1 aliphatic carbocycles. The highest BCUT2D eigenvalue weighted by atomic mass is 15.2. The first-order valence-corrected chi connectivity index (χ1v) is 7.77. The lowest BCUT2D eigenvalue weighted by molar-refractivity contribution is 0.0832. The van der Waals surface area contributed by atoms with Crippen LogP contribution in [0.3, 0.4) is 0 Å². The Balaban J connectivity index is 1.90. The van der Waals surface area contributed by atoms with Crippen LogP contribution in [0.2, 0.25) is 0 Å². The second-order valence-corrected chi connectivity index (χ2v) is 6.28. The third-order valence-electron chi connectivity index (χ3n) is 4.89. The lowest BCUT2D eigenvalue weighted by Gasteiger charge is -2.44. The summed E-state index contributed by atoms with van der Waals surface area (Å²) in [5.74, 6) is 0.888. The van der Waals surface area contributed by atoms with Gasteiger partial charge in [-0.15, -0.1) is 0 Å². The maximum absolute atomic E-state index is 3.48. The van der Waals surface area contributed by atoms with Gasteiger partial charge < -0.3 is 5.32 Å². The van der Waals surface area contributed by atoms with Crippen molar-refractivity contribution in [2.75, 3.05) is 26.2 Å². The first kappa shape index (κ1) is 13.1. The Hall–Kier alpha value is -0.860. The van der Waals surface area contributed by atoms with Crippen molar-refractivity contribution in [3.63, 3.8) is 0 Å². The molecule has 1 aromatic rings. The molecule has 104 valence electrons. The van der Waals surface area contributed by atoms with E-state index in [-0.39, 0.29) is 0 Å². The molecule has 1 unspecified atom stereocenters. The summed E-state index contributed by atoms with van der Waals surface area (Å²) >= 11 is 0. The second kappa shape index (κ2) is 5.64. The monoisotopic (exact) mass is 258 g/mol. The number of hydrogen-bond acceptors (Lipinski definition) is 2. The number of nitrogens with zero attached hydrogens (tertiary/aromatic N) is 1. The molecule has 1 aromatic carbocycles. The number of nitrogens with one attached hydrogen (secondary N) is 1. The minimum absolute atomic E-state index is 0.663. The van der Waals surface area contributed by atoms with E-state index in [1.54, 1.807) is 5.56 Å². The largest absolute Gasteiger partial charge is 0.314 e. The van der Waals surface area contributed by atoms with Gasteiger partial charge in [-0.2, -0.15) is 0 Å². The van der Waals surface area contributed by atoms with E-state index in [9.17, 15) is 0 Å². The summed E-state index contributed by atoms with van der Waals surface area (Å²) in [6.45, 7) is 9.20. The average molecular weight is 258 g/mol. The van der Waals surface area contributed by atoms with Crippen molar-refractivity contribution in [1.29, 1.82) is 0 Å². The minimum Gasteiger partial charge on any atom is -0.314 e. The number of piperazine rings is 1. The van der Waals surface area contributed by atoms with Gasteiger partial charge in [-0.05, 0) is 43.7 Å². The molecular formula is C17H26N2. The molecule has 0 aromatic heterocycles. The summed E-state index contributed by atoms with van der Waals surface area (Å²) in [5.41, 5.74) is 4.47. The summed E-state index contributed by atoms with van der Waals surface area (Å²) in [4.78, 5) is 2.72. The Morgan fingerprint density at radius 3 is 2.53 bits per heavy atom. The van der Waals surface area contributed by atoms with Crippen molar-refractivity contribution in [3.8, 4) is 0 Å². The highest BCUT2D eigenvalue weighted by Gasteiger charge is 2.34. The fraction of sp³-hybridized carbons (Fsp3) is 0.647. The smallest absolute Gasteiger partial charge is 0.0380 e. The summed E-state index contributed by atoms with van der Waals surface area (Å²) < 4.78 is 0. The molecule has 1 aliphatic heterocycles. The molecule has 2 nitrogen and oxygen atoms in total. The van der Waals surface area contributed by atoms with E-state index in [0.717, 1.165) is 19.0 Å². The Bertz CT molecular complexity index is 431. The van der Waals surface area contributed by atoms with Crippen molar-refractivity contribution < 1.29 is 0 Å². The van der Waals surface area contributed by atoms with E-state index in [4.69, 9.17) is 0 Å². The van der Waals surface area contributed by atoms with Crippen molar-refractivity contribution >= 4 is 0 Å². The number of hydrogen-bond donors (Lipinski definition) is 1. The van der Waals surface area contributed by atoms with Crippen LogP contribution in [0.1, 0.15) is 42.0 Å². The highest BCUT2D eigenvalue weighted by Crippen LogP contribution is 2.42. The molecule has 0 bridgehead atoms. The van der Waals surface area contributed by atoms with Crippen LogP contribution in [-0.4, -0.2) is 31.1 Å². The van der Waals surface area contributed by atoms with Crippen molar-refractivity contribution in [3.05, 3.63) is 34.9 Å². The van der Waals surface area contributed by atoms with Crippen LogP contribution in [0.5, 0.6) is 0 Å². The van der Waals surface area contributed by atoms with Gasteiger partial charge in [0.15, 0.2) is 0 Å². The second-order valence-electron chi connectivity index (χ2n) is 6.28. The molecule has 1 N–H and O–H groups in total. The lowest BCUT2D eigenvalue weighted by atomic mass is 9.75. The van der Waals surface area contributed by atoms with Crippen molar-refractivity contribution in [2.45, 2.75) is 39.2 Å². The van der Waals surface area contributed by atoms with E-state index in [1.165, 1.54) is 43.5 Å². The van der Waals surface area contributed by atoms with Crippen LogP contribution >= 0.6 is 0 Å². The Labute approximate surface area is 117 Å². The van der Waals surface area contributed by atoms with Crippen LogP contribution in [0.25, 0.3) is 0 Å². The summed E-state index contributed by atoms with van der Waals surface area (Å²) in [6, 6.07) is 7.64. The molecular weight excluding hydrogens is 232 g/mol. The highest BCUT2D eigenvalue weighted by molar-refractivity contribution is 5.34. The third kappa shape index (κ3) is 2.70. The third-order valence-corrected chi connectivity index (χ3v) is 4.89. The van der Waals surface area contributed by atoms with Crippen LogP contribution < -0.4 is 5.32 Å². The van der Waals surface area contributed by atoms with E-state index >= 15 is 0 Å². The summed E-state index contributed by atoms with van der Waals surface area (Å²) in [6.07, 6.45) is 4.27. The first-order valence-electron chi connectivity index (χ1n) is 7.77. The predicted octanol–water partition coefficient (Wildman–Crippen LogP) is 3.05. The van der Waals surface area contributed by atoms with Gasteiger partial charge in [-0.3, -0.25) is 4.90 Å². The topological polar surface area (TPSA) is 15.3 Å². The maximum atomic E-state index is 3.48. The zero-order valence-corrected chi connectivity index (χ0v) is 12.3. The average Bonchev–Trinajstić information content (AvgIpc) is 2.38. The van der Waals surface area contributed by atoms with Gasteiger partial charge in [-0.1, -0.05) is 30.2 Å². The summed E-state index contributed by atoms with van der Waals surface area (Å²) in [5, 5.41) is 3.48. The van der Waals surface area contributed by atoms with Gasteiger partial charge in [0.1, 0.15) is 0 Å². The van der Waals surface area contributed by atoms with Gasteiger partial charge in [0.2, 0.25) is 0 Å². The molecule has 3 rings (SSSR count). The van der Waals surface area contributed by atoms with Crippen LogP contribution in [0.15, 0.2) is 18.2 Å². The lowest BCUT2D eigenvalue weighted by Crippen LogP contribution is -2.48. The molecule has 0 spiro atoms. The molecule has 2 heteroatoms. The molecule has 1 heterocycles. The fourth-order valence-corrected chi connectivity index (χ4v) is 3.54. The normalized spacial score (nSPS) is 23.1. The number of benzene rings is 1. The van der Waals surface area contributed by atoms with Crippen molar-refractivity contribution in [2.24, 2.45) is 5.92 Å². The van der Waals surface area contributed by atoms with Crippen LogP contribution in [0.4, 0.5) is 0 Å². The standard InChI is InChI=1S/C17H26N2/c1-13-6-7-14(2)16(12-13)17(15-4-3-5-15)19-10-8-18-9-11-19/h6-7,12,15,17-18H,3-5,8-11H2,1-2H3. The summed E-state index contributed by atoms with van der Waals surface area (Å²) in [7, 11) is 0. The molecule has 0 radical (unpaired) electrons. The molecule has 1 saturated carbocycles. The van der Waals surface area contributed by atoms with Crippen LogP contribution in [0, 0.1) is 19.8 Å². The Kier molecular flexibility index (Phi) is 3.90. The molecule has 2 aliphatic rings. The Morgan fingerprint density at radius 1 is 1.16 bits per heavy atom. The van der Waals surface area contributed by atoms with E-state index in [1.807, 2.05) is 0 Å². The zero-order valence-electron chi connectivity index (χ0n) is 12.3. The fourth-order valence-electron chi connectivity index (χ4n) is 3.54. The maximum Gasteiger partial charge on any atom is 0.0380 e. The van der Waals surface area contributed by atoms with Gasteiger partial charge >= 0.3 is 0 Å². The van der Waals surface area contributed by atoms with E-state index in [0.29, 0.717) is 6.04 Å². The number of aryl methyl sites for hydroxylation is 2. The quantitative estimate of drug-likeness (QED) is 0.896. The molecule has 19 heavy (non-hydrogen) atoms. The van der Waals surface area contributed by atoms with E-state index < -0.39 is 0 Å². The predicted molar refractivity (Wildman–Crippen MR) is 80.4 cm³/mol. The van der Waals surface area contributed by atoms with Gasteiger partial charge in [0, 0.05) is 32.2 Å².